The average Bonchev–Trinajstić information content (AvgIpc) is 2.68. The lowest BCUT2D eigenvalue weighted by molar-refractivity contribution is 0.0565. The van der Waals surface area contributed by atoms with Gasteiger partial charge in [-0.1, -0.05) is 0 Å². The average molecular weight is 252 g/mol. The lowest BCUT2D eigenvalue weighted by Gasteiger charge is -2.25. The lowest BCUT2D eigenvalue weighted by atomic mass is 9.83. The van der Waals surface area contributed by atoms with Crippen molar-refractivity contribution in [1.82, 2.24) is 9.78 Å². The maximum absolute atomic E-state index is 12.3. The first-order valence-corrected chi connectivity index (χ1v) is 5.24. The molecule has 1 aliphatic carbocycles. The van der Waals surface area contributed by atoms with Gasteiger partial charge in [-0.2, -0.15) is 13.9 Å². The second-order valence-corrected chi connectivity index (χ2v) is 4.14. The van der Waals surface area contributed by atoms with Crippen molar-refractivity contribution in [2.75, 3.05) is 0 Å². The van der Waals surface area contributed by atoms with Crippen LogP contribution in [0.25, 0.3) is 0 Å². The van der Waals surface area contributed by atoms with E-state index in [2.05, 4.69) is 5.10 Å². The van der Waals surface area contributed by atoms with Crippen LogP contribution in [-0.4, -0.2) is 15.8 Å². The van der Waals surface area contributed by atoms with Gasteiger partial charge < -0.3 is 5.73 Å². The van der Waals surface area contributed by atoms with Crippen molar-refractivity contribution in [3.63, 3.8) is 0 Å². The highest BCUT2D eigenvalue weighted by atomic mass is 35.5. The van der Waals surface area contributed by atoms with E-state index >= 15 is 0 Å². The van der Waals surface area contributed by atoms with E-state index in [0.717, 1.165) is 31.2 Å². The van der Waals surface area contributed by atoms with Crippen molar-refractivity contribution < 1.29 is 8.78 Å². The number of rotatable bonds is 2. The summed E-state index contributed by atoms with van der Waals surface area (Å²) >= 11 is 0. The smallest absolute Gasteiger partial charge is 0.328 e. The SMILES string of the molecule is Cl.NC1CCC(c2cnn(C(F)F)c2)CC1. The Bertz CT molecular complexity index is 322. The normalized spacial score (nSPS) is 25.5. The zero-order valence-electron chi connectivity index (χ0n) is 8.85. The highest BCUT2D eigenvalue weighted by molar-refractivity contribution is 5.85. The predicted molar refractivity (Wildman–Crippen MR) is 59.9 cm³/mol. The maximum atomic E-state index is 12.3. The first-order valence-electron chi connectivity index (χ1n) is 5.24. The van der Waals surface area contributed by atoms with Crippen molar-refractivity contribution in [2.45, 2.75) is 44.2 Å². The second-order valence-electron chi connectivity index (χ2n) is 4.14. The molecule has 0 saturated heterocycles. The summed E-state index contributed by atoms with van der Waals surface area (Å²) in [5.74, 6) is 0.359. The third-order valence-corrected chi connectivity index (χ3v) is 3.06. The van der Waals surface area contributed by atoms with Crippen molar-refractivity contribution in [2.24, 2.45) is 5.73 Å². The predicted octanol–water partition coefficient (Wildman–Crippen LogP) is 2.68. The van der Waals surface area contributed by atoms with Crippen molar-refractivity contribution in [1.29, 1.82) is 0 Å². The fourth-order valence-electron chi connectivity index (χ4n) is 2.12. The van der Waals surface area contributed by atoms with Crippen LogP contribution in [0.4, 0.5) is 8.78 Å². The molecule has 2 N–H and O–H groups in total. The summed E-state index contributed by atoms with van der Waals surface area (Å²) in [5, 5.41) is 3.65. The van der Waals surface area contributed by atoms with Crippen LogP contribution in [0.5, 0.6) is 0 Å². The molecule has 1 fully saturated rings. The van der Waals surface area contributed by atoms with Gasteiger partial charge in [0.25, 0.3) is 0 Å². The summed E-state index contributed by atoms with van der Waals surface area (Å²) in [4.78, 5) is 0. The molecule has 0 atom stereocenters. The summed E-state index contributed by atoms with van der Waals surface area (Å²) in [6, 6.07) is 0.284. The Morgan fingerprint density at radius 2 is 1.94 bits per heavy atom. The molecular weight excluding hydrogens is 236 g/mol. The molecule has 16 heavy (non-hydrogen) atoms. The van der Waals surface area contributed by atoms with Gasteiger partial charge >= 0.3 is 6.55 Å². The maximum Gasteiger partial charge on any atom is 0.333 e. The number of nitrogens with zero attached hydrogens (tertiary/aromatic N) is 2. The van der Waals surface area contributed by atoms with Gasteiger partial charge in [-0.15, -0.1) is 12.4 Å². The summed E-state index contributed by atoms with van der Waals surface area (Å²) in [6.45, 7) is -2.54. The molecule has 2 rings (SSSR count). The molecule has 92 valence electrons. The monoisotopic (exact) mass is 251 g/mol. The Balaban J connectivity index is 0.00000128. The Kier molecular flexibility index (Phi) is 4.68. The van der Waals surface area contributed by atoms with E-state index in [1.54, 1.807) is 6.20 Å². The Hall–Kier alpha value is -0.680. The number of alkyl halides is 2. The molecule has 0 aliphatic heterocycles. The molecule has 0 aromatic carbocycles. The standard InChI is InChI=1S/C10H15F2N3.ClH/c11-10(12)15-6-8(5-14-15)7-1-3-9(13)4-2-7;/h5-7,9-10H,1-4,13H2;1H. The third kappa shape index (κ3) is 2.92. The minimum absolute atomic E-state index is 0. The Morgan fingerprint density at radius 3 is 2.44 bits per heavy atom. The first kappa shape index (κ1) is 13.4. The van der Waals surface area contributed by atoms with Crippen molar-refractivity contribution in [3.05, 3.63) is 18.0 Å². The summed E-state index contributed by atoms with van der Waals surface area (Å²) in [5.41, 5.74) is 6.71. The van der Waals surface area contributed by atoms with Crippen molar-refractivity contribution >= 4 is 12.4 Å². The van der Waals surface area contributed by atoms with E-state index in [1.165, 1.54) is 6.20 Å². The Morgan fingerprint density at radius 1 is 1.31 bits per heavy atom. The van der Waals surface area contributed by atoms with E-state index < -0.39 is 6.55 Å². The van der Waals surface area contributed by atoms with Crippen LogP contribution in [0, 0.1) is 0 Å². The fraction of sp³-hybridized carbons (Fsp3) is 0.700. The van der Waals surface area contributed by atoms with E-state index in [-0.39, 0.29) is 18.4 Å². The van der Waals surface area contributed by atoms with Gasteiger partial charge in [-0.25, -0.2) is 4.68 Å². The number of halogens is 3. The van der Waals surface area contributed by atoms with Crippen LogP contribution in [0.1, 0.15) is 43.7 Å². The summed E-state index contributed by atoms with van der Waals surface area (Å²) in [6.07, 6.45) is 6.92. The molecule has 0 amide bonds. The van der Waals surface area contributed by atoms with Crippen LogP contribution in [0.2, 0.25) is 0 Å². The molecule has 1 saturated carbocycles. The van der Waals surface area contributed by atoms with Gasteiger partial charge in [0, 0.05) is 12.2 Å². The van der Waals surface area contributed by atoms with Crippen LogP contribution in [0.15, 0.2) is 12.4 Å². The highest BCUT2D eigenvalue weighted by Crippen LogP contribution is 2.32. The quantitative estimate of drug-likeness (QED) is 0.878. The van der Waals surface area contributed by atoms with E-state index in [1.807, 2.05) is 0 Å². The summed E-state index contributed by atoms with van der Waals surface area (Å²) < 4.78 is 25.3. The molecular formula is C10H16ClF2N3. The second kappa shape index (κ2) is 5.59. The molecule has 6 heteroatoms. The van der Waals surface area contributed by atoms with E-state index in [4.69, 9.17) is 5.73 Å². The van der Waals surface area contributed by atoms with Crippen molar-refractivity contribution in [3.8, 4) is 0 Å². The van der Waals surface area contributed by atoms with Gasteiger partial charge in [-0.3, -0.25) is 0 Å². The number of hydrogen-bond acceptors (Lipinski definition) is 2. The molecule has 0 bridgehead atoms. The van der Waals surface area contributed by atoms with Gasteiger partial charge in [0.1, 0.15) is 0 Å². The first-order chi connectivity index (χ1) is 7.16. The van der Waals surface area contributed by atoms with Gasteiger partial charge in [0.05, 0.1) is 6.20 Å². The molecule has 0 unspecified atom stereocenters. The third-order valence-electron chi connectivity index (χ3n) is 3.06. The minimum Gasteiger partial charge on any atom is -0.328 e. The molecule has 1 aromatic rings. The largest absolute Gasteiger partial charge is 0.333 e. The molecule has 1 aliphatic rings. The zero-order chi connectivity index (χ0) is 10.8. The topological polar surface area (TPSA) is 43.8 Å². The van der Waals surface area contributed by atoms with E-state index in [0.29, 0.717) is 10.6 Å². The molecule has 1 aromatic heterocycles. The molecule has 1 heterocycles. The highest BCUT2D eigenvalue weighted by Gasteiger charge is 2.21. The lowest BCUT2D eigenvalue weighted by Crippen LogP contribution is -2.25. The van der Waals surface area contributed by atoms with Gasteiger partial charge in [-0.05, 0) is 37.2 Å². The van der Waals surface area contributed by atoms with Crippen LogP contribution in [-0.2, 0) is 0 Å². The van der Waals surface area contributed by atoms with Crippen LogP contribution < -0.4 is 5.73 Å². The number of hydrogen-bond donors (Lipinski definition) is 1. The number of nitrogens with two attached hydrogens (primary N) is 1. The van der Waals surface area contributed by atoms with Crippen LogP contribution in [0.3, 0.4) is 0 Å². The molecule has 3 nitrogen and oxygen atoms in total. The minimum atomic E-state index is -2.54. The molecule has 0 radical (unpaired) electrons. The van der Waals surface area contributed by atoms with Gasteiger partial charge in [0.2, 0.25) is 0 Å². The summed E-state index contributed by atoms with van der Waals surface area (Å²) in [7, 11) is 0. The Labute approximate surface area is 99.4 Å². The zero-order valence-corrected chi connectivity index (χ0v) is 9.67. The number of aromatic nitrogens is 2. The van der Waals surface area contributed by atoms with E-state index in [9.17, 15) is 8.78 Å². The van der Waals surface area contributed by atoms with Gasteiger partial charge in [0.15, 0.2) is 0 Å². The van der Waals surface area contributed by atoms with Crippen LogP contribution >= 0.6 is 12.4 Å². The fourth-order valence-corrected chi connectivity index (χ4v) is 2.12. The molecule has 0 spiro atoms.